The number of ether oxygens (including phenoxy) is 3. The lowest BCUT2D eigenvalue weighted by Crippen LogP contribution is -2.44. The SMILES string of the molecule is CNc1ccc(OC2CCOC3(CCOC3)C2)cc1. The molecule has 0 aliphatic carbocycles. The van der Waals surface area contributed by atoms with Gasteiger partial charge in [-0.1, -0.05) is 0 Å². The summed E-state index contributed by atoms with van der Waals surface area (Å²) >= 11 is 0. The molecule has 3 rings (SSSR count). The number of anilines is 1. The molecule has 0 bridgehead atoms. The quantitative estimate of drug-likeness (QED) is 0.909. The largest absolute Gasteiger partial charge is 0.490 e. The summed E-state index contributed by atoms with van der Waals surface area (Å²) in [6, 6.07) is 8.09. The van der Waals surface area contributed by atoms with Crippen LogP contribution in [-0.2, 0) is 9.47 Å². The molecule has 2 heterocycles. The highest BCUT2D eigenvalue weighted by molar-refractivity contribution is 5.45. The van der Waals surface area contributed by atoms with Gasteiger partial charge in [0.25, 0.3) is 0 Å². The Morgan fingerprint density at radius 2 is 2.11 bits per heavy atom. The minimum atomic E-state index is -0.0895. The van der Waals surface area contributed by atoms with Crippen LogP contribution in [0, 0.1) is 0 Å². The second kappa shape index (κ2) is 5.39. The molecule has 2 saturated heterocycles. The van der Waals surface area contributed by atoms with E-state index in [9.17, 15) is 0 Å². The zero-order valence-electron chi connectivity index (χ0n) is 11.4. The first-order valence-electron chi connectivity index (χ1n) is 6.96. The first kappa shape index (κ1) is 12.8. The number of hydrogen-bond donors (Lipinski definition) is 1. The van der Waals surface area contributed by atoms with Crippen molar-refractivity contribution in [3.05, 3.63) is 24.3 Å². The zero-order valence-corrected chi connectivity index (χ0v) is 11.4. The maximum absolute atomic E-state index is 6.08. The molecule has 2 aliphatic heterocycles. The van der Waals surface area contributed by atoms with Crippen LogP contribution in [0.2, 0.25) is 0 Å². The first-order valence-corrected chi connectivity index (χ1v) is 6.96. The van der Waals surface area contributed by atoms with Crippen LogP contribution in [0.15, 0.2) is 24.3 Å². The van der Waals surface area contributed by atoms with Gasteiger partial charge in [0.05, 0.1) is 18.8 Å². The molecular formula is C15H21NO3. The molecule has 4 nitrogen and oxygen atoms in total. The third-order valence-corrected chi connectivity index (χ3v) is 3.96. The molecule has 2 atom stereocenters. The summed E-state index contributed by atoms with van der Waals surface area (Å²) < 4.78 is 17.5. The predicted molar refractivity (Wildman–Crippen MR) is 73.8 cm³/mol. The topological polar surface area (TPSA) is 39.7 Å². The molecule has 2 aliphatic rings. The van der Waals surface area contributed by atoms with Gasteiger partial charge < -0.3 is 19.5 Å². The summed E-state index contributed by atoms with van der Waals surface area (Å²) in [4.78, 5) is 0. The molecule has 1 aromatic carbocycles. The highest BCUT2D eigenvalue weighted by Gasteiger charge is 2.41. The van der Waals surface area contributed by atoms with E-state index in [0.717, 1.165) is 43.9 Å². The summed E-state index contributed by atoms with van der Waals surface area (Å²) in [5, 5.41) is 3.11. The van der Waals surface area contributed by atoms with E-state index in [0.29, 0.717) is 6.61 Å². The maximum atomic E-state index is 6.08. The Morgan fingerprint density at radius 1 is 1.26 bits per heavy atom. The lowest BCUT2D eigenvalue weighted by atomic mass is 9.91. The van der Waals surface area contributed by atoms with Crippen molar-refractivity contribution in [1.29, 1.82) is 0 Å². The zero-order chi connectivity index (χ0) is 13.1. The fraction of sp³-hybridized carbons (Fsp3) is 0.600. The van der Waals surface area contributed by atoms with E-state index in [1.54, 1.807) is 0 Å². The summed E-state index contributed by atoms with van der Waals surface area (Å²) in [6.45, 7) is 2.29. The maximum Gasteiger partial charge on any atom is 0.119 e. The molecule has 1 aromatic rings. The highest BCUT2D eigenvalue weighted by atomic mass is 16.6. The molecule has 1 N–H and O–H groups in total. The Kier molecular flexibility index (Phi) is 3.62. The van der Waals surface area contributed by atoms with Crippen LogP contribution in [-0.4, -0.2) is 38.6 Å². The Hall–Kier alpha value is -1.26. The second-order valence-corrected chi connectivity index (χ2v) is 5.34. The van der Waals surface area contributed by atoms with E-state index < -0.39 is 0 Å². The lowest BCUT2D eigenvalue weighted by molar-refractivity contribution is -0.112. The van der Waals surface area contributed by atoms with E-state index in [1.807, 2.05) is 31.3 Å². The minimum absolute atomic E-state index is 0.0895. The van der Waals surface area contributed by atoms with Gasteiger partial charge >= 0.3 is 0 Å². The van der Waals surface area contributed by atoms with Crippen LogP contribution in [0.4, 0.5) is 5.69 Å². The van der Waals surface area contributed by atoms with E-state index >= 15 is 0 Å². The highest BCUT2D eigenvalue weighted by Crippen LogP contribution is 2.34. The van der Waals surface area contributed by atoms with Gasteiger partial charge in [-0.2, -0.15) is 0 Å². The predicted octanol–water partition coefficient (Wildman–Crippen LogP) is 2.45. The number of benzene rings is 1. The van der Waals surface area contributed by atoms with Gasteiger partial charge in [-0.25, -0.2) is 0 Å². The molecule has 1 spiro atoms. The van der Waals surface area contributed by atoms with Crippen LogP contribution in [0.1, 0.15) is 19.3 Å². The third-order valence-electron chi connectivity index (χ3n) is 3.96. The molecule has 2 unspecified atom stereocenters. The molecule has 4 heteroatoms. The van der Waals surface area contributed by atoms with E-state index in [2.05, 4.69) is 5.32 Å². The minimum Gasteiger partial charge on any atom is -0.490 e. The monoisotopic (exact) mass is 263 g/mol. The van der Waals surface area contributed by atoms with Gasteiger partial charge in [0, 0.05) is 38.6 Å². The summed E-state index contributed by atoms with van der Waals surface area (Å²) in [7, 11) is 1.91. The molecule has 0 saturated carbocycles. The van der Waals surface area contributed by atoms with Crippen molar-refractivity contribution in [2.45, 2.75) is 31.0 Å². The van der Waals surface area contributed by atoms with Crippen molar-refractivity contribution < 1.29 is 14.2 Å². The van der Waals surface area contributed by atoms with Crippen molar-refractivity contribution >= 4 is 5.69 Å². The van der Waals surface area contributed by atoms with Crippen molar-refractivity contribution in [3.8, 4) is 5.75 Å². The van der Waals surface area contributed by atoms with Crippen molar-refractivity contribution in [2.24, 2.45) is 0 Å². The summed E-state index contributed by atoms with van der Waals surface area (Å²) in [6.07, 6.45) is 3.11. The van der Waals surface area contributed by atoms with Crippen molar-refractivity contribution in [3.63, 3.8) is 0 Å². The van der Waals surface area contributed by atoms with Crippen molar-refractivity contribution in [2.75, 3.05) is 32.2 Å². The molecule has 0 aromatic heterocycles. The standard InChI is InChI=1S/C15H21NO3/c1-16-12-2-4-13(5-3-12)19-14-6-8-18-15(10-14)7-9-17-11-15/h2-5,14,16H,6-11H2,1H3. The van der Waals surface area contributed by atoms with Gasteiger partial charge in [-0.15, -0.1) is 0 Å². The Bertz CT molecular complexity index is 412. The molecule has 0 amide bonds. The van der Waals surface area contributed by atoms with E-state index in [4.69, 9.17) is 14.2 Å². The molecule has 2 fully saturated rings. The fourth-order valence-corrected chi connectivity index (χ4v) is 2.84. The third kappa shape index (κ3) is 2.85. The number of nitrogens with one attached hydrogen (secondary N) is 1. The fourth-order valence-electron chi connectivity index (χ4n) is 2.84. The number of rotatable bonds is 3. The summed E-state index contributed by atoms with van der Waals surface area (Å²) in [5.41, 5.74) is 1.01. The van der Waals surface area contributed by atoms with E-state index in [-0.39, 0.29) is 11.7 Å². The van der Waals surface area contributed by atoms with Gasteiger partial charge in [0.15, 0.2) is 0 Å². The Balaban J connectivity index is 1.62. The smallest absolute Gasteiger partial charge is 0.119 e. The molecule has 0 radical (unpaired) electrons. The first-order chi connectivity index (χ1) is 9.30. The van der Waals surface area contributed by atoms with Crippen LogP contribution in [0.25, 0.3) is 0 Å². The van der Waals surface area contributed by atoms with Crippen LogP contribution in [0.5, 0.6) is 5.75 Å². The number of hydrogen-bond acceptors (Lipinski definition) is 4. The molecule has 104 valence electrons. The van der Waals surface area contributed by atoms with E-state index in [1.165, 1.54) is 0 Å². The lowest BCUT2D eigenvalue weighted by Gasteiger charge is -2.37. The van der Waals surface area contributed by atoms with Gasteiger partial charge in [-0.05, 0) is 24.3 Å². The van der Waals surface area contributed by atoms with Crippen LogP contribution < -0.4 is 10.1 Å². The van der Waals surface area contributed by atoms with Gasteiger partial charge in [-0.3, -0.25) is 0 Å². The summed E-state index contributed by atoms with van der Waals surface area (Å²) in [5.74, 6) is 0.931. The Labute approximate surface area is 114 Å². The average molecular weight is 263 g/mol. The van der Waals surface area contributed by atoms with Gasteiger partial charge in [0.1, 0.15) is 11.9 Å². The van der Waals surface area contributed by atoms with Crippen LogP contribution >= 0.6 is 0 Å². The van der Waals surface area contributed by atoms with Crippen LogP contribution in [0.3, 0.4) is 0 Å². The molecular weight excluding hydrogens is 242 g/mol. The second-order valence-electron chi connectivity index (χ2n) is 5.34. The van der Waals surface area contributed by atoms with Crippen molar-refractivity contribution in [1.82, 2.24) is 0 Å². The van der Waals surface area contributed by atoms with Gasteiger partial charge in [0.2, 0.25) is 0 Å². The average Bonchev–Trinajstić information content (AvgIpc) is 2.88. The Morgan fingerprint density at radius 3 is 2.79 bits per heavy atom. The normalized spacial score (nSPS) is 30.5. The molecule has 19 heavy (non-hydrogen) atoms.